The third kappa shape index (κ3) is 1.92. The zero-order chi connectivity index (χ0) is 14.3. The van der Waals surface area contributed by atoms with Crippen LogP contribution in [0, 0.1) is 11.3 Å². The third-order valence-electron chi connectivity index (χ3n) is 3.44. The molecule has 0 aliphatic carbocycles. The average Bonchev–Trinajstić information content (AvgIpc) is 2.71. The van der Waals surface area contributed by atoms with Crippen LogP contribution >= 0.6 is 0 Å². The molecule has 1 heterocycles. The summed E-state index contributed by atoms with van der Waals surface area (Å²) in [5.41, 5.74) is 1.00. The number of nitriles is 1. The molecule has 6 heteroatoms. The lowest BCUT2D eigenvalue weighted by Crippen LogP contribution is -2.33. The molecule has 1 fully saturated rings. The van der Waals surface area contributed by atoms with E-state index in [9.17, 15) is 13.7 Å². The van der Waals surface area contributed by atoms with Crippen molar-refractivity contribution >= 4 is 26.7 Å². The van der Waals surface area contributed by atoms with Crippen LogP contribution in [0.25, 0.3) is 10.8 Å². The summed E-state index contributed by atoms with van der Waals surface area (Å²) in [5, 5.41) is 11.0. The lowest BCUT2D eigenvalue weighted by atomic mass is 10.0. The van der Waals surface area contributed by atoms with Gasteiger partial charge in [0.2, 0.25) is 0 Å². The Morgan fingerprint density at radius 3 is 2.75 bits per heavy atom. The van der Waals surface area contributed by atoms with Gasteiger partial charge in [-0.3, -0.25) is 4.31 Å². The summed E-state index contributed by atoms with van der Waals surface area (Å²) in [6.45, 7) is 2.20. The summed E-state index contributed by atoms with van der Waals surface area (Å²) >= 11 is 0. The van der Waals surface area contributed by atoms with Gasteiger partial charge in [0.25, 0.3) is 0 Å². The van der Waals surface area contributed by atoms with Crippen molar-refractivity contribution in [1.29, 1.82) is 5.26 Å². The maximum atomic E-state index is 12.0. The van der Waals surface area contributed by atoms with Crippen LogP contribution < -0.4 is 9.03 Å². The maximum absolute atomic E-state index is 12.0. The van der Waals surface area contributed by atoms with Crippen LogP contribution in [0.3, 0.4) is 0 Å². The fraction of sp³-hybridized carbons (Fsp3) is 0.214. The van der Waals surface area contributed by atoms with E-state index in [0.29, 0.717) is 17.8 Å². The molecule has 1 aliphatic heterocycles. The van der Waals surface area contributed by atoms with E-state index < -0.39 is 10.2 Å². The molecule has 20 heavy (non-hydrogen) atoms. The second-order valence-electron chi connectivity index (χ2n) is 4.82. The van der Waals surface area contributed by atoms with Crippen LogP contribution in [0.2, 0.25) is 0 Å². The van der Waals surface area contributed by atoms with E-state index in [0.717, 1.165) is 10.8 Å². The molecule has 0 saturated carbocycles. The number of rotatable bonds is 1. The molecular formula is C14H13N3O2S. The highest BCUT2D eigenvalue weighted by Crippen LogP contribution is 2.30. The van der Waals surface area contributed by atoms with Crippen LogP contribution in [0.5, 0.6) is 0 Å². The Morgan fingerprint density at radius 1 is 1.35 bits per heavy atom. The van der Waals surface area contributed by atoms with E-state index in [4.69, 9.17) is 0 Å². The Hall–Kier alpha value is -2.10. The molecule has 0 aromatic heterocycles. The van der Waals surface area contributed by atoms with Crippen molar-refractivity contribution in [2.45, 2.75) is 13.0 Å². The first-order valence-electron chi connectivity index (χ1n) is 6.25. The summed E-state index contributed by atoms with van der Waals surface area (Å²) in [4.78, 5) is 0. The van der Waals surface area contributed by atoms with Crippen LogP contribution in [0.1, 0.15) is 12.5 Å². The molecule has 2 aromatic rings. The van der Waals surface area contributed by atoms with E-state index >= 15 is 0 Å². The molecule has 2 aromatic carbocycles. The Kier molecular flexibility index (Phi) is 2.89. The molecule has 0 spiro atoms. The minimum Gasteiger partial charge on any atom is -0.254 e. The summed E-state index contributed by atoms with van der Waals surface area (Å²) < 4.78 is 27.9. The van der Waals surface area contributed by atoms with Gasteiger partial charge in [0, 0.05) is 6.54 Å². The van der Waals surface area contributed by atoms with Crippen LogP contribution in [-0.2, 0) is 10.2 Å². The minimum atomic E-state index is -3.51. The normalized spacial score (nSPS) is 21.0. The van der Waals surface area contributed by atoms with E-state index in [1.54, 1.807) is 12.1 Å². The number of benzene rings is 2. The second kappa shape index (κ2) is 4.47. The Morgan fingerprint density at radius 2 is 2.10 bits per heavy atom. The first-order chi connectivity index (χ1) is 9.53. The Labute approximate surface area is 117 Å². The van der Waals surface area contributed by atoms with Crippen LogP contribution in [0.15, 0.2) is 36.4 Å². The monoisotopic (exact) mass is 287 g/mol. The van der Waals surface area contributed by atoms with Crippen molar-refractivity contribution in [2.24, 2.45) is 0 Å². The number of hydrogen-bond donors (Lipinski definition) is 1. The molecule has 0 unspecified atom stereocenters. The molecule has 102 valence electrons. The van der Waals surface area contributed by atoms with Crippen LogP contribution in [0.4, 0.5) is 5.69 Å². The highest BCUT2D eigenvalue weighted by molar-refractivity contribution is 7.91. The van der Waals surface area contributed by atoms with Gasteiger partial charge in [-0.05, 0) is 29.8 Å². The van der Waals surface area contributed by atoms with Crippen molar-refractivity contribution in [2.75, 3.05) is 10.8 Å². The number of fused-ring (bicyclic) bond motifs is 1. The van der Waals surface area contributed by atoms with Crippen molar-refractivity contribution < 1.29 is 8.42 Å². The number of anilines is 1. The summed E-state index contributed by atoms with van der Waals surface area (Å²) in [6.07, 6.45) is 0. The first-order valence-corrected chi connectivity index (χ1v) is 7.69. The standard InChI is InChI=1S/C14H13N3O2S/c1-10-9-16-20(18,19)17(10)13-6-11-4-2-3-5-14(11)12(7-13)8-15/h2-7,10,16H,9H2,1H3/t10-/m0/s1. The van der Waals surface area contributed by atoms with E-state index in [-0.39, 0.29) is 6.04 Å². The lowest BCUT2D eigenvalue weighted by molar-refractivity contribution is 0.591. The fourth-order valence-electron chi connectivity index (χ4n) is 2.52. The topological polar surface area (TPSA) is 73.2 Å². The highest BCUT2D eigenvalue weighted by atomic mass is 32.2. The summed E-state index contributed by atoms with van der Waals surface area (Å²) in [7, 11) is -3.51. The predicted molar refractivity (Wildman–Crippen MR) is 77.5 cm³/mol. The van der Waals surface area contributed by atoms with Gasteiger partial charge in [-0.1, -0.05) is 24.3 Å². The quantitative estimate of drug-likeness (QED) is 0.868. The van der Waals surface area contributed by atoms with Gasteiger partial charge >= 0.3 is 10.2 Å². The molecule has 1 N–H and O–H groups in total. The molecule has 0 radical (unpaired) electrons. The zero-order valence-corrected chi connectivity index (χ0v) is 11.7. The fourth-order valence-corrected chi connectivity index (χ4v) is 4.05. The molecule has 1 saturated heterocycles. The number of nitrogens with one attached hydrogen (secondary N) is 1. The largest absolute Gasteiger partial charge is 0.301 e. The molecule has 1 atom stereocenters. The Bertz CT molecular complexity index is 824. The smallest absolute Gasteiger partial charge is 0.254 e. The first kappa shape index (κ1) is 12.9. The van der Waals surface area contributed by atoms with Gasteiger partial charge in [-0.15, -0.1) is 0 Å². The van der Waals surface area contributed by atoms with E-state index in [2.05, 4.69) is 10.8 Å². The number of nitrogens with zero attached hydrogens (tertiary/aromatic N) is 2. The second-order valence-corrected chi connectivity index (χ2v) is 6.46. The molecular weight excluding hydrogens is 274 g/mol. The molecule has 0 bridgehead atoms. The van der Waals surface area contributed by atoms with Gasteiger partial charge < -0.3 is 0 Å². The highest BCUT2D eigenvalue weighted by Gasteiger charge is 2.34. The van der Waals surface area contributed by atoms with Crippen molar-refractivity contribution in [3.05, 3.63) is 42.0 Å². The van der Waals surface area contributed by atoms with Gasteiger partial charge in [-0.25, -0.2) is 0 Å². The van der Waals surface area contributed by atoms with Crippen LogP contribution in [-0.4, -0.2) is 21.0 Å². The molecule has 3 rings (SSSR count). The molecule has 5 nitrogen and oxygen atoms in total. The molecule has 1 aliphatic rings. The predicted octanol–water partition coefficient (Wildman–Crippen LogP) is 1.75. The van der Waals surface area contributed by atoms with Crippen molar-refractivity contribution in [1.82, 2.24) is 4.72 Å². The lowest BCUT2D eigenvalue weighted by Gasteiger charge is -2.21. The van der Waals surface area contributed by atoms with Crippen molar-refractivity contribution in [3.8, 4) is 6.07 Å². The molecule has 0 amide bonds. The number of hydrogen-bond acceptors (Lipinski definition) is 3. The minimum absolute atomic E-state index is 0.173. The SMILES string of the molecule is C[C@H]1CNS(=O)(=O)N1c1cc(C#N)c2ccccc2c1. The van der Waals surface area contributed by atoms with Gasteiger partial charge in [-0.2, -0.15) is 18.4 Å². The van der Waals surface area contributed by atoms with Gasteiger partial charge in [0.15, 0.2) is 0 Å². The summed E-state index contributed by atoms with van der Waals surface area (Å²) in [6, 6.07) is 12.9. The van der Waals surface area contributed by atoms with Crippen molar-refractivity contribution in [3.63, 3.8) is 0 Å². The zero-order valence-electron chi connectivity index (χ0n) is 10.9. The average molecular weight is 287 g/mol. The summed E-state index contributed by atoms with van der Waals surface area (Å²) in [5.74, 6) is 0. The van der Waals surface area contributed by atoms with E-state index in [1.165, 1.54) is 4.31 Å². The third-order valence-corrected chi connectivity index (χ3v) is 5.06. The Balaban J connectivity index is 2.26. The van der Waals surface area contributed by atoms with Gasteiger partial charge in [0.05, 0.1) is 23.4 Å². The van der Waals surface area contributed by atoms with Gasteiger partial charge in [0.1, 0.15) is 0 Å². The maximum Gasteiger partial charge on any atom is 0.301 e. The van der Waals surface area contributed by atoms with E-state index in [1.807, 2.05) is 31.2 Å².